The molecule has 0 aromatic rings. The summed E-state index contributed by atoms with van der Waals surface area (Å²) in [4.78, 5) is 13.0. The molecule has 0 unspecified atom stereocenters. The van der Waals surface area contributed by atoms with Crippen LogP contribution in [0.5, 0.6) is 0 Å². The van der Waals surface area contributed by atoms with E-state index >= 15 is 0 Å². The fourth-order valence-electron chi connectivity index (χ4n) is 1.29. The minimum atomic E-state index is 0.0381. The average Bonchev–Trinajstić information content (AvgIpc) is 2.41. The van der Waals surface area contributed by atoms with Gasteiger partial charge < -0.3 is 4.90 Å². The highest BCUT2D eigenvalue weighted by atomic mass is 16.2. The van der Waals surface area contributed by atoms with Gasteiger partial charge in [-0.1, -0.05) is 24.3 Å². The lowest BCUT2D eigenvalue weighted by atomic mass is 10.3. The van der Waals surface area contributed by atoms with Crippen LogP contribution in [0.25, 0.3) is 0 Å². The van der Waals surface area contributed by atoms with Crippen LogP contribution in [0.3, 0.4) is 0 Å². The van der Waals surface area contributed by atoms with Crippen molar-refractivity contribution in [1.29, 1.82) is 0 Å². The molecular formula is C12H15NO. The van der Waals surface area contributed by atoms with Gasteiger partial charge >= 0.3 is 0 Å². The van der Waals surface area contributed by atoms with Crippen molar-refractivity contribution < 1.29 is 4.79 Å². The third-order valence-corrected chi connectivity index (χ3v) is 1.97. The smallest absolute Gasteiger partial charge is 0.224 e. The molecule has 1 amide bonds. The Bertz CT molecular complexity index is 310. The minimum Gasteiger partial charge on any atom is -0.309 e. The van der Waals surface area contributed by atoms with Gasteiger partial charge in [0.1, 0.15) is 0 Å². The summed E-state index contributed by atoms with van der Waals surface area (Å²) in [6.45, 7) is 5.76. The van der Waals surface area contributed by atoms with E-state index in [2.05, 4.69) is 12.7 Å². The quantitative estimate of drug-likeness (QED) is 0.624. The molecule has 0 aliphatic heterocycles. The van der Waals surface area contributed by atoms with Crippen molar-refractivity contribution in [1.82, 2.24) is 4.90 Å². The first-order valence-corrected chi connectivity index (χ1v) is 4.68. The Morgan fingerprint density at radius 2 is 2.43 bits per heavy atom. The number of allylic oxidation sites excluding steroid dienone is 5. The molecule has 0 spiro atoms. The molecule has 0 N–H and O–H groups in total. The topological polar surface area (TPSA) is 20.3 Å². The van der Waals surface area contributed by atoms with Crippen LogP contribution in [0.4, 0.5) is 0 Å². The molecule has 0 aromatic heterocycles. The minimum absolute atomic E-state index is 0.0381. The van der Waals surface area contributed by atoms with E-state index in [-0.39, 0.29) is 5.91 Å². The van der Waals surface area contributed by atoms with Crippen LogP contribution in [0.1, 0.15) is 13.3 Å². The molecule has 0 bridgehead atoms. The Kier molecular flexibility index (Phi) is 3.92. The van der Waals surface area contributed by atoms with Crippen LogP contribution >= 0.6 is 0 Å². The molecule has 0 atom stereocenters. The maximum atomic E-state index is 11.3. The fourth-order valence-corrected chi connectivity index (χ4v) is 1.29. The number of rotatable bonds is 3. The van der Waals surface area contributed by atoms with Crippen molar-refractivity contribution in [2.24, 2.45) is 0 Å². The van der Waals surface area contributed by atoms with E-state index in [0.29, 0.717) is 6.54 Å². The highest BCUT2D eigenvalue weighted by molar-refractivity contribution is 5.76. The summed E-state index contributed by atoms with van der Waals surface area (Å²) < 4.78 is 0. The van der Waals surface area contributed by atoms with E-state index in [1.165, 1.54) is 0 Å². The number of hydrogen-bond acceptors (Lipinski definition) is 1. The molecule has 1 aliphatic rings. The van der Waals surface area contributed by atoms with Crippen molar-refractivity contribution in [3.63, 3.8) is 0 Å². The predicted molar refractivity (Wildman–Crippen MR) is 58.6 cm³/mol. The number of carbonyl (C=O) groups excluding carboxylic acids is 1. The SMILES string of the molecule is C=CCN(C(C)=O)C1=CC=CCC=C1. The van der Waals surface area contributed by atoms with E-state index in [0.717, 1.165) is 12.1 Å². The molecule has 74 valence electrons. The van der Waals surface area contributed by atoms with Gasteiger partial charge in [-0.05, 0) is 18.6 Å². The molecule has 1 rings (SSSR count). The van der Waals surface area contributed by atoms with E-state index in [1.54, 1.807) is 17.9 Å². The van der Waals surface area contributed by atoms with Crippen LogP contribution in [-0.2, 0) is 4.79 Å². The van der Waals surface area contributed by atoms with Gasteiger partial charge in [-0.15, -0.1) is 6.58 Å². The fraction of sp³-hybridized carbons (Fsp3) is 0.250. The van der Waals surface area contributed by atoms with Crippen molar-refractivity contribution in [2.45, 2.75) is 13.3 Å². The zero-order valence-electron chi connectivity index (χ0n) is 8.44. The Morgan fingerprint density at radius 3 is 3.07 bits per heavy atom. The van der Waals surface area contributed by atoms with Crippen molar-refractivity contribution in [3.05, 3.63) is 48.7 Å². The molecule has 0 fully saturated rings. The summed E-state index contributed by atoms with van der Waals surface area (Å²) in [5.41, 5.74) is 0.922. The first kappa shape index (κ1) is 10.5. The van der Waals surface area contributed by atoms with E-state index in [4.69, 9.17) is 0 Å². The summed E-state index contributed by atoms with van der Waals surface area (Å²) in [5.74, 6) is 0.0381. The van der Waals surface area contributed by atoms with Crippen LogP contribution in [0.15, 0.2) is 48.7 Å². The maximum Gasteiger partial charge on any atom is 0.224 e. The molecule has 2 nitrogen and oxygen atoms in total. The summed E-state index contributed by atoms with van der Waals surface area (Å²) >= 11 is 0. The van der Waals surface area contributed by atoms with Gasteiger partial charge in [0, 0.05) is 19.2 Å². The highest BCUT2D eigenvalue weighted by Crippen LogP contribution is 2.10. The van der Waals surface area contributed by atoms with Gasteiger partial charge in [-0.3, -0.25) is 4.79 Å². The van der Waals surface area contributed by atoms with Gasteiger partial charge in [0.25, 0.3) is 0 Å². The normalized spacial score (nSPS) is 14.5. The predicted octanol–water partition coefficient (Wildman–Crippen LogP) is 2.42. The monoisotopic (exact) mass is 189 g/mol. The highest BCUT2D eigenvalue weighted by Gasteiger charge is 2.09. The second-order valence-electron chi connectivity index (χ2n) is 3.08. The zero-order chi connectivity index (χ0) is 10.4. The van der Waals surface area contributed by atoms with Crippen LogP contribution in [0, 0.1) is 0 Å². The summed E-state index contributed by atoms with van der Waals surface area (Å²) in [7, 11) is 0. The molecule has 0 radical (unpaired) electrons. The summed E-state index contributed by atoms with van der Waals surface area (Å²) in [6.07, 6.45) is 12.6. The number of hydrogen-bond donors (Lipinski definition) is 0. The number of carbonyl (C=O) groups is 1. The number of amides is 1. The summed E-state index contributed by atoms with van der Waals surface area (Å²) in [5, 5.41) is 0. The largest absolute Gasteiger partial charge is 0.309 e. The first-order chi connectivity index (χ1) is 6.75. The van der Waals surface area contributed by atoms with Crippen LogP contribution in [-0.4, -0.2) is 17.4 Å². The molecule has 0 saturated heterocycles. The lowest BCUT2D eigenvalue weighted by Crippen LogP contribution is -2.27. The van der Waals surface area contributed by atoms with Crippen molar-refractivity contribution in [3.8, 4) is 0 Å². The van der Waals surface area contributed by atoms with Gasteiger partial charge in [0.05, 0.1) is 0 Å². The lowest BCUT2D eigenvalue weighted by molar-refractivity contribution is -0.126. The summed E-state index contributed by atoms with van der Waals surface area (Å²) in [6, 6.07) is 0. The molecule has 2 heteroatoms. The van der Waals surface area contributed by atoms with Gasteiger partial charge in [0.15, 0.2) is 0 Å². The lowest BCUT2D eigenvalue weighted by Gasteiger charge is -2.19. The Labute approximate surface area is 84.9 Å². The second kappa shape index (κ2) is 5.22. The van der Waals surface area contributed by atoms with Gasteiger partial charge in [-0.2, -0.15) is 0 Å². The van der Waals surface area contributed by atoms with Gasteiger partial charge in [-0.25, -0.2) is 0 Å². The Morgan fingerprint density at radius 1 is 1.64 bits per heavy atom. The van der Waals surface area contributed by atoms with Crippen molar-refractivity contribution in [2.75, 3.05) is 6.54 Å². The molecule has 0 aromatic carbocycles. The molecule has 0 saturated carbocycles. The molecule has 0 heterocycles. The Hall–Kier alpha value is -1.57. The third kappa shape index (κ3) is 2.73. The molecular weight excluding hydrogens is 174 g/mol. The van der Waals surface area contributed by atoms with E-state index in [9.17, 15) is 4.79 Å². The molecule has 14 heavy (non-hydrogen) atoms. The number of nitrogens with zero attached hydrogens (tertiary/aromatic N) is 1. The van der Waals surface area contributed by atoms with E-state index < -0.39 is 0 Å². The third-order valence-electron chi connectivity index (χ3n) is 1.97. The molecule has 1 aliphatic carbocycles. The Balaban J connectivity index is 2.86. The van der Waals surface area contributed by atoms with Gasteiger partial charge in [0.2, 0.25) is 5.91 Å². The second-order valence-corrected chi connectivity index (χ2v) is 3.08. The van der Waals surface area contributed by atoms with Crippen LogP contribution in [0.2, 0.25) is 0 Å². The standard InChI is InChI=1S/C12H15NO/c1-3-10-13(11(2)14)12-8-6-4-5-7-9-12/h3-4,6-9H,1,5,10H2,2H3. The van der Waals surface area contributed by atoms with E-state index in [1.807, 2.05) is 24.3 Å². The zero-order valence-corrected chi connectivity index (χ0v) is 8.44. The average molecular weight is 189 g/mol. The maximum absolute atomic E-state index is 11.3. The van der Waals surface area contributed by atoms with Crippen LogP contribution < -0.4 is 0 Å². The first-order valence-electron chi connectivity index (χ1n) is 4.68. The van der Waals surface area contributed by atoms with Crippen molar-refractivity contribution >= 4 is 5.91 Å².